The highest BCUT2D eigenvalue weighted by Gasteiger charge is 2.18. The molecule has 1 aromatic heterocycles. The number of thioether (sulfide) groups is 1. The number of carbonyl (C=O) groups excluding carboxylic acids is 1. The minimum absolute atomic E-state index is 0.0421. The predicted molar refractivity (Wildman–Crippen MR) is 97.2 cm³/mol. The first-order valence-electron chi connectivity index (χ1n) is 7.43. The van der Waals surface area contributed by atoms with Gasteiger partial charge in [-0.05, 0) is 25.1 Å². The molecular formula is C17H14ClFN4OS. The summed E-state index contributed by atoms with van der Waals surface area (Å²) in [6, 6.07) is 13.6. The molecule has 0 aliphatic rings. The Morgan fingerprint density at radius 3 is 2.76 bits per heavy atom. The highest BCUT2D eigenvalue weighted by atomic mass is 35.5. The summed E-state index contributed by atoms with van der Waals surface area (Å²) in [6.45, 7) is 1.74. The van der Waals surface area contributed by atoms with E-state index in [-0.39, 0.29) is 10.9 Å². The number of hydrogen-bond donors (Lipinski definition) is 2. The summed E-state index contributed by atoms with van der Waals surface area (Å²) in [5.41, 5.74) is 1.35. The second-order valence-corrected chi connectivity index (χ2v) is 6.93. The molecule has 2 N–H and O–H groups in total. The van der Waals surface area contributed by atoms with E-state index in [1.807, 2.05) is 30.3 Å². The topological polar surface area (TPSA) is 70.7 Å². The van der Waals surface area contributed by atoms with Gasteiger partial charge in [0.15, 0.2) is 5.82 Å². The number of aromatic amines is 1. The van der Waals surface area contributed by atoms with Crippen molar-refractivity contribution in [1.82, 2.24) is 15.2 Å². The molecule has 25 heavy (non-hydrogen) atoms. The fourth-order valence-electron chi connectivity index (χ4n) is 2.05. The van der Waals surface area contributed by atoms with Gasteiger partial charge in [0.2, 0.25) is 11.1 Å². The number of halogens is 2. The average molecular weight is 377 g/mol. The van der Waals surface area contributed by atoms with Gasteiger partial charge in [-0.25, -0.2) is 9.37 Å². The molecular weight excluding hydrogens is 363 g/mol. The lowest BCUT2D eigenvalue weighted by Gasteiger charge is -2.10. The van der Waals surface area contributed by atoms with Gasteiger partial charge in [-0.2, -0.15) is 0 Å². The van der Waals surface area contributed by atoms with Gasteiger partial charge in [-0.3, -0.25) is 9.89 Å². The molecule has 1 heterocycles. The number of anilines is 1. The van der Waals surface area contributed by atoms with Crippen LogP contribution in [0.3, 0.4) is 0 Å². The molecule has 0 unspecified atom stereocenters. The molecule has 0 saturated heterocycles. The lowest BCUT2D eigenvalue weighted by Crippen LogP contribution is -2.22. The Labute approximate surface area is 153 Å². The van der Waals surface area contributed by atoms with Crippen LogP contribution in [0.15, 0.2) is 53.7 Å². The van der Waals surface area contributed by atoms with Crippen LogP contribution in [0, 0.1) is 5.82 Å². The number of amides is 1. The minimum Gasteiger partial charge on any atom is -0.325 e. The van der Waals surface area contributed by atoms with Crippen LogP contribution in [0.4, 0.5) is 10.1 Å². The van der Waals surface area contributed by atoms with Gasteiger partial charge in [0.1, 0.15) is 5.82 Å². The van der Waals surface area contributed by atoms with E-state index < -0.39 is 11.1 Å². The third-order valence-corrected chi connectivity index (χ3v) is 4.60. The molecule has 8 heteroatoms. The van der Waals surface area contributed by atoms with Gasteiger partial charge < -0.3 is 5.32 Å². The van der Waals surface area contributed by atoms with Gasteiger partial charge in [-0.1, -0.05) is 53.7 Å². The van der Waals surface area contributed by atoms with Crippen molar-refractivity contribution in [2.24, 2.45) is 0 Å². The van der Waals surface area contributed by atoms with Crippen LogP contribution in [0.1, 0.15) is 6.92 Å². The number of nitrogens with zero attached hydrogens (tertiary/aromatic N) is 2. The number of benzene rings is 2. The molecule has 0 saturated carbocycles. The number of carbonyl (C=O) groups is 1. The molecule has 5 nitrogen and oxygen atoms in total. The number of hydrogen-bond acceptors (Lipinski definition) is 4. The van der Waals surface area contributed by atoms with Gasteiger partial charge in [-0.15, -0.1) is 5.10 Å². The summed E-state index contributed by atoms with van der Waals surface area (Å²) in [7, 11) is 0. The highest BCUT2D eigenvalue weighted by molar-refractivity contribution is 8.00. The first kappa shape index (κ1) is 17.4. The van der Waals surface area contributed by atoms with Crippen LogP contribution < -0.4 is 5.32 Å². The molecule has 0 radical (unpaired) electrons. The maximum absolute atomic E-state index is 13.2. The first-order valence-corrected chi connectivity index (χ1v) is 8.69. The molecule has 0 spiro atoms. The second-order valence-electron chi connectivity index (χ2n) is 5.21. The van der Waals surface area contributed by atoms with E-state index in [1.54, 1.807) is 6.92 Å². The maximum Gasteiger partial charge on any atom is 0.237 e. The van der Waals surface area contributed by atoms with E-state index in [9.17, 15) is 9.18 Å². The van der Waals surface area contributed by atoms with Crippen LogP contribution >= 0.6 is 23.4 Å². The standard InChI is InChI=1S/C17H14ClFN4OS/c1-10(16(24)20-12-7-8-14(19)13(18)9-12)25-17-21-15(22-23-17)11-5-3-2-4-6-11/h2-10H,1H3,(H,20,24)(H,21,22,23)/t10-/m0/s1. The van der Waals surface area contributed by atoms with Crippen LogP contribution in [0.2, 0.25) is 5.02 Å². The van der Waals surface area contributed by atoms with Crippen molar-refractivity contribution in [1.29, 1.82) is 0 Å². The Morgan fingerprint density at radius 1 is 1.28 bits per heavy atom. The molecule has 3 rings (SSSR count). The molecule has 0 bridgehead atoms. The predicted octanol–water partition coefficient (Wildman–Crippen LogP) is 4.38. The third-order valence-electron chi connectivity index (χ3n) is 3.35. The summed E-state index contributed by atoms with van der Waals surface area (Å²) in [6.07, 6.45) is 0. The summed E-state index contributed by atoms with van der Waals surface area (Å²) in [5.74, 6) is -0.143. The summed E-state index contributed by atoms with van der Waals surface area (Å²) in [5, 5.41) is 9.66. The number of aromatic nitrogens is 3. The van der Waals surface area contributed by atoms with E-state index in [2.05, 4.69) is 20.5 Å². The largest absolute Gasteiger partial charge is 0.325 e. The van der Waals surface area contributed by atoms with Crippen molar-refractivity contribution in [3.05, 3.63) is 59.4 Å². The van der Waals surface area contributed by atoms with Gasteiger partial charge in [0.25, 0.3) is 0 Å². The lowest BCUT2D eigenvalue weighted by molar-refractivity contribution is -0.115. The Morgan fingerprint density at radius 2 is 2.04 bits per heavy atom. The Bertz CT molecular complexity index is 887. The Hall–Kier alpha value is -2.38. The zero-order chi connectivity index (χ0) is 17.8. The normalized spacial score (nSPS) is 12.0. The lowest BCUT2D eigenvalue weighted by atomic mass is 10.2. The monoisotopic (exact) mass is 376 g/mol. The van der Waals surface area contributed by atoms with E-state index >= 15 is 0 Å². The number of nitrogens with one attached hydrogen (secondary N) is 2. The molecule has 1 atom stereocenters. The summed E-state index contributed by atoms with van der Waals surface area (Å²) < 4.78 is 13.2. The second kappa shape index (κ2) is 7.67. The Balaban J connectivity index is 1.63. The smallest absolute Gasteiger partial charge is 0.237 e. The zero-order valence-corrected chi connectivity index (χ0v) is 14.7. The number of H-pyrrole nitrogens is 1. The van der Waals surface area contributed by atoms with Crippen molar-refractivity contribution < 1.29 is 9.18 Å². The quantitative estimate of drug-likeness (QED) is 0.648. The van der Waals surface area contributed by atoms with E-state index in [0.717, 1.165) is 5.56 Å². The van der Waals surface area contributed by atoms with E-state index in [0.29, 0.717) is 16.7 Å². The molecule has 0 fully saturated rings. The van der Waals surface area contributed by atoms with E-state index in [4.69, 9.17) is 11.6 Å². The summed E-state index contributed by atoms with van der Waals surface area (Å²) >= 11 is 6.93. The average Bonchev–Trinajstić information content (AvgIpc) is 3.07. The molecule has 2 aromatic carbocycles. The van der Waals surface area contributed by atoms with Crippen molar-refractivity contribution in [3.63, 3.8) is 0 Å². The van der Waals surface area contributed by atoms with Crippen molar-refractivity contribution >= 4 is 35.0 Å². The maximum atomic E-state index is 13.2. The molecule has 1 amide bonds. The van der Waals surface area contributed by atoms with Crippen molar-refractivity contribution in [2.75, 3.05) is 5.32 Å². The minimum atomic E-state index is -0.531. The van der Waals surface area contributed by atoms with Crippen LogP contribution in [0.25, 0.3) is 11.4 Å². The van der Waals surface area contributed by atoms with Crippen LogP contribution in [-0.4, -0.2) is 26.3 Å². The molecule has 0 aliphatic heterocycles. The number of rotatable bonds is 5. The van der Waals surface area contributed by atoms with Crippen molar-refractivity contribution in [2.45, 2.75) is 17.3 Å². The van der Waals surface area contributed by atoms with Crippen molar-refractivity contribution in [3.8, 4) is 11.4 Å². The van der Waals surface area contributed by atoms with Gasteiger partial charge in [0, 0.05) is 11.3 Å². The third kappa shape index (κ3) is 4.37. The van der Waals surface area contributed by atoms with Crippen LogP contribution in [-0.2, 0) is 4.79 Å². The first-order chi connectivity index (χ1) is 12.0. The fraction of sp³-hybridized carbons (Fsp3) is 0.118. The fourth-order valence-corrected chi connectivity index (χ4v) is 2.96. The van der Waals surface area contributed by atoms with Gasteiger partial charge in [0.05, 0.1) is 10.3 Å². The molecule has 3 aromatic rings. The molecule has 128 valence electrons. The van der Waals surface area contributed by atoms with Crippen LogP contribution in [0.5, 0.6) is 0 Å². The highest BCUT2D eigenvalue weighted by Crippen LogP contribution is 2.24. The Kier molecular flexibility index (Phi) is 5.35. The zero-order valence-electron chi connectivity index (χ0n) is 13.2. The molecule has 0 aliphatic carbocycles. The van der Waals surface area contributed by atoms with Gasteiger partial charge >= 0.3 is 0 Å². The van der Waals surface area contributed by atoms with E-state index in [1.165, 1.54) is 30.0 Å². The SMILES string of the molecule is C[C@H](Sc1n[nH]c(-c2ccccc2)n1)C(=O)Nc1ccc(F)c(Cl)c1. The summed E-state index contributed by atoms with van der Waals surface area (Å²) in [4.78, 5) is 16.6.